The van der Waals surface area contributed by atoms with Gasteiger partial charge in [0, 0.05) is 17.7 Å². The second-order valence-corrected chi connectivity index (χ2v) is 6.29. The van der Waals surface area contributed by atoms with Crippen molar-refractivity contribution in [3.63, 3.8) is 0 Å². The Kier molecular flexibility index (Phi) is 7.00. The quantitative estimate of drug-likeness (QED) is 0.137. The molecule has 10 nitrogen and oxygen atoms in total. The summed E-state index contributed by atoms with van der Waals surface area (Å²) < 4.78 is 5.35. The lowest BCUT2D eigenvalue weighted by molar-refractivity contribution is -0.393. The Bertz CT molecular complexity index is 1210. The van der Waals surface area contributed by atoms with Crippen LogP contribution in [0.3, 0.4) is 0 Å². The van der Waals surface area contributed by atoms with Crippen LogP contribution in [-0.4, -0.2) is 22.0 Å². The average Bonchev–Trinajstić information content (AvgIpc) is 2.79. The molecular formula is C22H16N4O6. The Morgan fingerprint density at radius 3 is 2.38 bits per heavy atom. The number of benzene rings is 3. The maximum Gasteiger partial charge on any atom is 0.336 e. The third kappa shape index (κ3) is 5.83. The smallest absolute Gasteiger partial charge is 0.336 e. The van der Waals surface area contributed by atoms with Gasteiger partial charge in [-0.15, -0.1) is 0 Å². The van der Waals surface area contributed by atoms with E-state index in [1.165, 1.54) is 18.4 Å². The van der Waals surface area contributed by atoms with Crippen LogP contribution in [0.5, 0.6) is 5.75 Å². The molecule has 0 saturated carbocycles. The third-order valence-corrected chi connectivity index (χ3v) is 4.12. The minimum atomic E-state index is -0.750. The topological polar surface area (TPSA) is 137 Å². The second kappa shape index (κ2) is 10.3. The largest absolute Gasteiger partial charge is 0.423 e. The summed E-state index contributed by atoms with van der Waals surface area (Å²) in [5, 5.41) is 26.0. The Labute approximate surface area is 181 Å². The highest BCUT2D eigenvalue weighted by atomic mass is 16.6. The number of hydrogen-bond donors (Lipinski definition) is 1. The van der Waals surface area contributed by atoms with E-state index in [1.54, 1.807) is 30.3 Å². The van der Waals surface area contributed by atoms with E-state index in [2.05, 4.69) is 10.5 Å². The van der Waals surface area contributed by atoms with Crippen LogP contribution in [-0.2, 0) is 4.79 Å². The van der Waals surface area contributed by atoms with Crippen LogP contribution in [0.25, 0.3) is 6.08 Å². The number of nitro groups is 2. The van der Waals surface area contributed by atoms with Gasteiger partial charge in [0.1, 0.15) is 11.4 Å². The van der Waals surface area contributed by atoms with Gasteiger partial charge in [0.25, 0.3) is 5.69 Å². The van der Waals surface area contributed by atoms with Gasteiger partial charge in [-0.2, -0.15) is 5.10 Å². The van der Waals surface area contributed by atoms with E-state index in [4.69, 9.17) is 4.74 Å². The number of rotatable bonds is 8. The van der Waals surface area contributed by atoms with Crippen molar-refractivity contribution in [2.24, 2.45) is 5.10 Å². The molecule has 0 aliphatic heterocycles. The molecule has 0 unspecified atom stereocenters. The van der Waals surface area contributed by atoms with Crippen molar-refractivity contribution in [2.45, 2.75) is 0 Å². The molecule has 3 aromatic carbocycles. The Morgan fingerprint density at radius 1 is 0.938 bits per heavy atom. The SMILES string of the molecule is O=C(C=Cc1ccccc1)Oc1ccccc1C=NNc1ccc([N+](=O)[O-])cc1[N+](=O)[O-]. The first-order valence-corrected chi connectivity index (χ1v) is 9.20. The number of ether oxygens (including phenoxy) is 1. The summed E-state index contributed by atoms with van der Waals surface area (Å²) in [6, 6.07) is 19.0. The number of hydrazone groups is 1. The van der Waals surface area contributed by atoms with Crippen LogP contribution in [0, 0.1) is 20.2 Å². The average molecular weight is 432 g/mol. The maximum atomic E-state index is 12.1. The molecule has 0 fully saturated rings. The van der Waals surface area contributed by atoms with Crippen LogP contribution >= 0.6 is 0 Å². The molecule has 0 heterocycles. The molecule has 0 radical (unpaired) electrons. The Hall–Kier alpha value is -4.86. The summed E-state index contributed by atoms with van der Waals surface area (Å²) in [5.41, 5.74) is 2.83. The lowest BCUT2D eigenvalue weighted by Gasteiger charge is -2.05. The van der Waals surface area contributed by atoms with Gasteiger partial charge >= 0.3 is 11.7 Å². The lowest BCUT2D eigenvalue weighted by Crippen LogP contribution is -2.06. The number of carbonyl (C=O) groups is 1. The zero-order valence-corrected chi connectivity index (χ0v) is 16.5. The second-order valence-electron chi connectivity index (χ2n) is 6.29. The van der Waals surface area contributed by atoms with Crippen LogP contribution in [0.1, 0.15) is 11.1 Å². The molecule has 32 heavy (non-hydrogen) atoms. The standard InChI is InChI=1S/C22H16N4O6/c27-22(13-10-16-6-2-1-3-7-16)32-21-9-5-4-8-17(21)15-23-24-19-12-11-18(25(28)29)14-20(19)26(30)31/h1-15,24H. The van der Waals surface area contributed by atoms with Crippen LogP contribution < -0.4 is 10.2 Å². The number of carbonyl (C=O) groups excluding carboxylic acids is 1. The summed E-state index contributed by atoms with van der Waals surface area (Å²) in [7, 11) is 0. The van der Waals surface area contributed by atoms with Crippen molar-refractivity contribution in [3.8, 4) is 5.75 Å². The normalized spacial score (nSPS) is 10.9. The summed E-state index contributed by atoms with van der Waals surface area (Å²) in [6.07, 6.45) is 4.23. The fraction of sp³-hybridized carbons (Fsp3) is 0. The number of nitrogens with one attached hydrogen (secondary N) is 1. The molecule has 0 aliphatic rings. The summed E-state index contributed by atoms with van der Waals surface area (Å²) in [6.45, 7) is 0. The van der Waals surface area contributed by atoms with E-state index in [0.29, 0.717) is 5.56 Å². The predicted octanol–water partition coefficient (Wildman–Crippen LogP) is 4.57. The van der Waals surface area contributed by atoms with Crippen molar-refractivity contribution in [1.82, 2.24) is 0 Å². The number of para-hydroxylation sites is 1. The highest BCUT2D eigenvalue weighted by molar-refractivity contribution is 5.91. The highest BCUT2D eigenvalue weighted by Crippen LogP contribution is 2.29. The van der Waals surface area contributed by atoms with Gasteiger partial charge in [-0.05, 0) is 29.8 Å². The van der Waals surface area contributed by atoms with Crippen molar-refractivity contribution >= 4 is 35.3 Å². The van der Waals surface area contributed by atoms with Crippen molar-refractivity contribution in [3.05, 3.63) is 110 Å². The molecule has 0 spiro atoms. The van der Waals surface area contributed by atoms with Crippen molar-refractivity contribution < 1.29 is 19.4 Å². The fourth-order valence-corrected chi connectivity index (χ4v) is 2.60. The molecule has 1 N–H and O–H groups in total. The molecule has 0 aliphatic carbocycles. The molecule has 10 heteroatoms. The predicted molar refractivity (Wildman–Crippen MR) is 119 cm³/mol. The Balaban J connectivity index is 1.72. The molecule has 0 atom stereocenters. The zero-order valence-electron chi connectivity index (χ0n) is 16.5. The molecule has 0 aromatic heterocycles. The molecule has 3 rings (SSSR count). The van der Waals surface area contributed by atoms with Crippen LogP contribution in [0.15, 0.2) is 84.0 Å². The highest BCUT2D eigenvalue weighted by Gasteiger charge is 2.19. The number of esters is 1. The van der Waals surface area contributed by atoms with Gasteiger partial charge in [0.15, 0.2) is 0 Å². The minimum absolute atomic E-state index is 0.0304. The first kappa shape index (κ1) is 21.8. The van der Waals surface area contributed by atoms with E-state index in [1.807, 2.05) is 30.3 Å². The molecule has 0 saturated heterocycles. The summed E-state index contributed by atoms with van der Waals surface area (Å²) in [4.78, 5) is 32.7. The number of non-ortho nitro benzene ring substituents is 1. The number of hydrogen-bond acceptors (Lipinski definition) is 8. The van der Waals surface area contributed by atoms with Crippen LogP contribution in [0.4, 0.5) is 17.1 Å². The van der Waals surface area contributed by atoms with Crippen LogP contribution in [0.2, 0.25) is 0 Å². The first-order valence-electron chi connectivity index (χ1n) is 9.20. The van der Waals surface area contributed by atoms with Gasteiger partial charge < -0.3 is 4.74 Å². The van der Waals surface area contributed by atoms with E-state index < -0.39 is 27.2 Å². The third-order valence-electron chi connectivity index (χ3n) is 4.12. The Morgan fingerprint density at radius 2 is 1.66 bits per heavy atom. The number of nitro benzene ring substituents is 2. The summed E-state index contributed by atoms with van der Waals surface area (Å²) >= 11 is 0. The number of anilines is 1. The van der Waals surface area contributed by atoms with E-state index in [0.717, 1.165) is 17.7 Å². The van der Waals surface area contributed by atoms with E-state index in [9.17, 15) is 25.0 Å². The van der Waals surface area contributed by atoms with E-state index in [-0.39, 0.29) is 11.4 Å². The zero-order chi connectivity index (χ0) is 22.9. The van der Waals surface area contributed by atoms with Gasteiger partial charge in [-0.3, -0.25) is 25.7 Å². The molecule has 0 amide bonds. The minimum Gasteiger partial charge on any atom is -0.423 e. The van der Waals surface area contributed by atoms with Gasteiger partial charge in [-0.1, -0.05) is 42.5 Å². The molecule has 160 valence electrons. The van der Waals surface area contributed by atoms with Gasteiger partial charge in [-0.25, -0.2) is 4.79 Å². The fourth-order valence-electron chi connectivity index (χ4n) is 2.60. The number of nitrogens with zero attached hydrogens (tertiary/aromatic N) is 3. The van der Waals surface area contributed by atoms with Crippen molar-refractivity contribution in [2.75, 3.05) is 5.43 Å². The van der Waals surface area contributed by atoms with Crippen molar-refractivity contribution in [1.29, 1.82) is 0 Å². The first-order chi connectivity index (χ1) is 15.4. The maximum absolute atomic E-state index is 12.1. The molecule has 0 bridgehead atoms. The monoisotopic (exact) mass is 432 g/mol. The molecule has 3 aromatic rings. The van der Waals surface area contributed by atoms with E-state index >= 15 is 0 Å². The molecular weight excluding hydrogens is 416 g/mol. The summed E-state index contributed by atoms with van der Waals surface area (Å²) in [5.74, 6) is -0.354. The lowest BCUT2D eigenvalue weighted by atomic mass is 10.2. The van der Waals surface area contributed by atoms with Gasteiger partial charge in [0.05, 0.1) is 22.1 Å². The van der Waals surface area contributed by atoms with Gasteiger partial charge in [0.2, 0.25) is 0 Å².